The average molecular weight is 271 g/mol. The lowest BCUT2D eigenvalue weighted by Crippen LogP contribution is -2.31. The van der Waals surface area contributed by atoms with Gasteiger partial charge in [-0.15, -0.1) is 0 Å². The molecule has 0 amide bonds. The van der Waals surface area contributed by atoms with Gasteiger partial charge in [-0.05, 0) is 42.6 Å². The predicted molar refractivity (Wildman–Crippen MR) is 87.7 cm³/mol. The molecular weight excluding hydrogens is 242 g/mol. The Bertz CT molecular complexity index is 419. The van der Waals surface area contributed by atoms with Crippen molar-refractivity contribution in [1.29, 1.82) is 0 Å². The summed E-state index contributed by atoms with van der Waals surface area (Å²) in [7, 11) is 0. The van der Waals surface area contributed by atoms with Crippen LogP contribution in [0, 0.1) is 11.8 Å². The highest BCUT2D eigenvalue weighted by molar-refractivity contribution is 5.19. The molecule has 0 aliphatic heterocycles. The van der Waals surface area contributed by atoms with Gasteiger partial charge in [0.05, 0.1) is 0 Å². The van der Waals surface area contributed by atoms with E-state index in [1.807, 2.05) is 0 Å². The summed E-state index contributed by atoms with van der Waals surface area (Å²) in [5.41, 5.74) is 2.84. The second kappa shape index (κ2) is 6.97. The minimum absolute atomic E-state index is 0.600. The van der Waals surface area contributed by atoms with E-state index in [1.54, 1.807) is 0 Å². The van der Waals surface area contributed by atoms with Crippen LogP contribution in [0.3, 0.4) is 0 Å². The van der Waals surface area contributed by atoms with Crippen LogP contribution in [-0.2, 0) is 0 Å². The molecule has 2 unspecified atom stereocenters. The Morgan fingerprint density at radius 2 is 1.90 bits per heavy atom. The average Bonchev–Trinajstić information content (AvgIpc) is 3.30. The van der Waals surface area contributed by atoms with Crippen LogP contribution in [0.5, 0.6) is 0 Å². The lowest BCUT2D eigenvalue weighted by molar-refractivity contribution is 0.266. The van der Waals surface area contributed by atoms with Gasteiger partial charge in [-0.25, -0.2) is 0 Å². The number of allylic oxidation sites excluding steroid dienone is 1. The van der Waals surface area contributed by atoms with Gasteiger partial charge in [0.2, 0.25) is 0 Å². The zero-order valence-electron chi connectivity index (χ0n) is 13.3. The molecule has 0 aromatic heterocycles. The fourth-order valence-corrected chi connectivity index (χ4v) is 2.89. The second-order valence-electron chi connectivity index (χ2n) is 6.39. The first-order valence-electron chi connectivity index (χ1n) is 8.12. The van der Waals surface area contributed by atoms with Crippen LogP contribution in [0.15, 0.2) is 42.6 Å². The van der Waals surface area contributed by atoms with E-state index in [-0.39, 0.29) is 0 Å². The Kier molecular flexibility index (Phi) is 5.28. The molecule has 0 heterocycles. The minimum Gasteiger partial charge on any atom is -0.375 e. The number of nitrogens with zero attached hydrogens (tertiary/aromatic N) is 1. The molecule has 0 bridgehead atoms. The van der Waals surface area contributed by atoms with E-state index in [0.29, 0.717) is 11.8 Å². The number of hydrogen-bond donors (Lipinski definition) is 0. The highest BCUT2D eigenvalue weighted by Gasteiger charge is 2.29. The molecule has 2 rings (SSSR count). The third-order valence-electron chi connectivity index (χ3n) is 4.64. The van der Waals surface area contributed by atoms with Crippen LogP contribution < -0.4 is 0 Å². The maximum atomic E-state index is 4.35. The molecule has 2 atom stereocenters. The van der Waals surface area contributed by atoms with Gasteiger partial charge in [0.15, 0.2) is 0 Å². The molecule has 0 radical (unpaired) electrons. The Morgan fingerprint density at radius 1 is 1.25 bits per heavy atom. The molecule has 1 aromatic carbocycles. The summed E-state index contributed by atoms with van der Waals surface area (Å²) in [4.78, 5) is 2.54. The van der Waals surface area contributed by atoms with Gasteiger partial charge < -0.3 is 4.90 Å². The molecule has 1 saturated carbocycles. The maximum absolute atomic E-state index is 4.35. The maximum Gasteiger partial charge on any atom is 0.0206 e. The molecule has 1 aliphatic rings. The van der Waals surface area contributed by atoms with Crippen molar-refractivity contribution in [3.63, 3.8) is 0 Å². The molecule has 1 aliphatic carbocycles. The van der Waals surface area contributed by atoms with Gasteiger partial charge in [-0.1, -0.05) is 57.7 Å². The topological polar surface area (TPSA) is 3.24 Å². The Morgan fingerprint density at radius 3 is 2.45 bits per heavy atom. The third kappa shape index (κ3) is 3.88. The largest absolute Gasteiger partial charge is 0.375 e. The second-order valence-corrected chi connectivity index (χ2v) is 6.39. The van der Waals surface area contributed by atoms with Gasteiger partial charge in [-0.3, -0.25) is 0 Å². The molecule has 0 saturated heterocycles. The van der Waals surface area contributed by atoms with Crippen LogP contribution in [0.1, 0.15) is 51.5 Å². The standard InChI is InChI=1S/C19H29N/c1-5-13-20(17(4)19-11-12-19)14-15(2)16(3)18-9-7-6-8-10-18/h6-10,15-16,19H,4-5,11-14H2,1-3H3. The van der Waals surface area contributed by atoms with Crippen LogP contribution in [-0.4, -0.2) is 18.0 Å². The zero-order valence-corrected chi connectivity index (χ0v) is 13.3. The number of rotatable bonds is 8. The van der Waals surface area contributed by atoms with Crippen LogP contribution in [0.25, 0.3) is 0 Å². The van der Waals surface area contributed by atoms with Crippen molar-refractivity contribution in [2.45, 2.75) is 46.0 Å². The van der Waals surface area contributed by atoms with E-state index >= 15 is 0 Å². The summed E-state index contributed by atoms with van der Waals surface area (Å²) in [6.07, 6.45) is 3.90. The smallest absolute Gasteiger partial charge is 0.0206 e. The van der Waals surface area contributed by atoms with E-state index in [0.717, 1.165) is 19.0 Å². The highest BCUT2D eigenvalue weighted by atomic mass is 15.1. The Hall–Kier alpha value is -1.24. The summed E-state index contributed by atoms with van der Waals surface area (Å²) in [5, 5.41) is 0. The van der Waals surface area contributed by atoms with Crippen LogP contribution in [0.4, 0.5) is 0 Å². The predicted octanol–water partition coefficient (Wildman–Crippen LogP) is 5.06. The molecule has 0 N–H and O–H groups in total. The molecule has 1 aromatic rings. The Balaban J connectivity index is 1.96. The van der Waals surface area contributed by atoms with Crippen molar-refractivity contribution >= 4 is 0 Å². The van der Waals surface area contributed by atoms with Crippen molar-refractivity contribution < 1.29 is 0 Å². The minimum atomic E-state index is 0.600. The highest BCUT2D eigenvalue weighted by Crippen LogP contribution is 2.38. The van der Waals surface area contributed by atoms with E-state index in [1.165, 1.54) is 30.5 Å². The van der Waals surface area contributed by atoms with Gasteiger partial charge in [0.1, 0.15) is 0 Å². The number of hydrogen-bond acceptors (Lipinski definition) is 1. The third-order valence-corrected chi connectivity index (χ3v) is 4.64. The molecular formula is C19H29N. The van der Waals surface area contributed by atoms with E-state index in [4.69, 9.17) is 0 Å². The zero-order chi connectivity index (χ0) is 14.5. The lowest BCUT2D eigenvalue weighted by Gasteiger charge is -2.32. The van der Waals surface area contributed by atoms with Gasteiger partial charge in [0, 0.05) is 18.8 Å². The van der Waals surface area contributed by atoms with E-state index < -0.39 is 0 Å². The van der Waals surface area contributed by atoms with E-state index in [9.17, 15) is 0 Å². The first-order valence-corrected chi connectivity index (χ1v) is 8.12. The SMILES string of the molecule is C=C(C1CC1)N(CCC)CC(C)C(C)c1ccccc1. The summed E-state index contributed by atoms with van der Waals surface area (Å²) >= 11 is 0. The Labute approximate surface area is 124 Å². The van der Waals surface area contributed by atoms with Crippen molar-refractivity contribution in [2.24, 2.45) is 11.8 Å². The fourth-order valence-electron chi connectivity index (χ4n) is 2.89. The summed E-state index contributed by atoms with van der Waals surface area (Å²) in [6.45, 7) is 13.6. The van der Waals surface area contributed by atoms with Crippen molar-refractivity contribution in [1.82, 2.24) is 4.90 Å². The lowest BCUT2D eigenvalue weighted by atomic mass is 9.88. The quantitative estimate of drug-likeness (QED) is 0.638. The summed E-state index contributed by atoms with van der Waals surface area (Å²) in [5.74, 6) is 2.03. The summed E-state index contributed by atoms with van der Waals surface area (Å²) < 4.78 is 0. The molecule has 1 heteroatoms. The van der Waals surface area contributed by atoms with Crippen LogP contribution in [0.2, 0.25) is 0 Å². The number of benzene rings is 1. The van der Waals surface area contributed by atoms with Crippen LogP contribution >= 0.6 is 0 Å². The van der Waals surface area contributed by atoms with Crippen molar-refractivity contribution in [3.8, 4) is 0 Å². The monoisotopic (exact) mass is 271 g/mol. The molecule has 110 valence electrons. The summed E-state index contributed by atoms with van der Waals surface area (Å²) in [6, 6.07) is 10.9. The van der Waals surface area contributed by atoms with E-state index in [2.05, 4.69) is 62.6 Å². The van der Waals surface area contributed by atoms with Gasteiger partial charge in [-0.2, -0.15) is 0 Å². The normalized spacial score (nSPS) is 17.6. The first-order chi connectivity index (χ1) is 9.63. The molecule has 1 fully saturated rings. The molecule has 1 nitrogen and oxygen atoms in total. The first kappa shape index (κ1) is 15.2. The fraction of sp³-hybridized carbons (Fsp3) is 0.579. The van der Waals surface area contributed by atoms with Crippen molar-refractivity contribution in [3.05, 3.63) is 48.2 Å². The molecule has 0 spiro atoms. The van der Waals surface area contributed by atoms with Gasteiger partial charge >= 0.3 is 0 Å². The van der Waals surface area contributed by atoms with Gasteiger partial charge in [0.25, 0.3) is 0 Å². The van der Waals surface area contributed by atoms with Crippen molar-refractivity contribution in [2.75, 3.05) is 13.1 Å². The molecule has 20 heavy (non-hydrogen) atoms.